The predicted molar refractivity (Wildman–Crippen MR) is 182 cm³/mol. The maximum absolute atomic E-state index is 14.5. The van der Waals surface area contributed by atoms with Gasteiger partial charge in [0.1, 0.15) is 12.6 Å². The van der Waals surface area contributed by atoms with E-state index < -0.39 is 34.4 Å². The van der Waals surface area contributed by atoms with Crippen molar-refractivity contribution >= 4 is 73.9 Å². The first kappa shape index (κ1) is 34.6. The van der Waals surface area contributed by atoms with Gasteiger partial charge >= 0.3 is 0 Å². The molecule has 2 amide bonds. The van der Waals surface area contributed by atoms with Crippen LogP contribution in [0.4, 0.5) is 5.69 Å². The molecule has 0 saturated heterocycles. The Morgan fingerprint density at radius 2 is 1.36 bits per heavy atom. The van der Waals surface area contributed by atoms with E-state index in [0.29, 0.717) is 15.6 Å². The normalized spacial score (nSPS) is 12.1. The SMILES string of the molecule is CC(C)NC(=O)[C@@H](Cc1ccccc1)N(Cc1c(Cl)cccc1Cl)C(=O)CN(c1ccc(Cl)c(Cl)c1)S(=O)(=O)c1ccccc1. The van der Waals surface area contributed by atoms with E-state index in [0.717, 1.165) is 9.87 Å². The van der Waals surface area contributed by atoms with Gasteiger partial charge in [0, 0.05) is 34.6 Å². The van der Waals surface area contributed by atoms with Gasteiger partial charge in [-0.15, -0.1) is 0 Å². The van der Waals surface area contributed by atoms with E-state index in [9.17, 15) is 18.0 Å². The average Bonchev–Trinajstić information content (AvgIpc) is 3.00. The highest BCUT2D eigenvalue weighted by atomic mass is 35.5. The summed E-state index contributed by atoms with van der Waals surface area (Å²) in [4.78, 5) is 29.6. The third-order valence-corrected chi connectivity index (χ3v) is 10.1. The van der Waals surface area contributed by atoms with Crippen molar-refractivity contribution in [2.45, 2.75) is 43.8 Å². The molecular formula is C33H31Cl4N3O4S. The van der Waals surface area contributed by atoms with E-state index in [1.807, 2.05) is 44.2 Å². The van der Waals surface area contributed by atoms with E-state index in [4.69, 9.17) is 46.4 Å². The van der Waals surface area contributed by atoms with Gasteiger partial charge in [-0.2, -0.15) is 0 Å². The quantitative estimate of drug-likeness (QED) is 0.164. The molecule has 236 valence electrons. The standard InChI is InChI=1S/C33H31Cl4N3O4S/c1-22(2)38-33(42)31(18-23-10-5-3-6-11-23)39(20-26-27(34)14-9-15-28(26)35)32(41)21-40(24-16-17-29(36)30(37)19-24)45(43,44)25-12-7-4-8-13-25/h3-17,19,22,31H,18,20-21H2,1-2H3,(H,38,42)/t31-/m1/s1. The van der Waals surface area contributed by atoms with Gasteiger partial charge in [0.15, 0.2) is 0 Å². The molecule has 0 saturated carbocycles. The average molecular weight is 708 g/mol. The summed E-state index contributed by atoms with van der Waals surface area (Å²) in [7, 11) is -4.29. The first-order valence-electron chi connectivity index (χ1n) is 14.0. The monoisotopic (exact) mass is 705 g/mol. The second kappa shape index (κ2) is 15.3. The van der Waals surface area contributed by atoms with E-state index >= 15 is 0 Å². The number of halogens is 4. The summed E-state index contributed by atoms with van der Waals surface area (Å²) in [6.07, 6.45) is 0.144. The summed E-state index contributed by atoms with van der Waals surface area (Å²) < 4.78 is 29.1. The number of nitrogens with zero attached hydrogens (tertiary/aromatic N) is 2. The minimum absolute atomic E-state index is 0.0389. The Balaban J connectivity index is 1.85. The number of hydrogen-bond donors (Lipinski definition) is 1. The molecule has 45 heavy (non-hydrogen) atoms. The highest BCUT2D eigenvalue weighted by Crippen LogP contribution is 2.32. The lowest BCUT2D eigenvalue weighted by Gasteiger charge is -2.34. The first-order chi connectivity index (χ1) is 21.4. The van der Waals surface area contributed by atoms with Crippen LogP contribution < -0.4 is 9.62 Å². The van der Waals surface area contributed by atoms with Crippen LogP contribution in [0.5, 0.6) is 0 Å². The highest BCUT2D eigenvalue weighted by Gasteiger charge is 2.35. The number of nitrogens with one attached hydrogen (secondary N) is 1. The van der Waals surface area contributed by atoms with Gasteiger partial charge in [0.05, 0.1) is 20.6 Å². The maximum Gasteiger partial charge on any atom is 0.264 e. The van der Waals surface area contributed by atoms with Crippen LogP contribution >= 0.6 is 46.4 Å². The van der Waals surface area contributed by atoms with E-state index in [2.05, 4.69) is 5.32 Å². The lowest BCUT2D eigenvalue weighted by Crippen LogP contribution is -2.54. The predicted octanol–water partition coefficient (Wildman–Crippen LogP) is 7.66. The lowest BCUT2D eigenvalue weighted by atomic mass is 10.0. The Morgan fingerprint density at radius 1 is 0.756 bits per heavy atom. The van der Waals surface area contributed by atoms with Crippen molar-refractivity contribution in [2.24, 2.45) is 0 Å². The number of amides is 2. The van der Waals surface area contributed by atoms with E-state index in [1.54, 1.807) is 36.4 Å². The van der Waals surface area contributed by atoms with Crippen molar-refractivity contribution in [1.29, 1.82) is 0 Å². The van der Waals surface area contributed by atoms with Crippen molar-refractivity contribution in [3.05, 3.63) is 128 Å². The van der Waals surface area contributed by atoms with Crippen LogP contribution in [0.2, 0.25) is 20.1 Å². The summed E-state index contributed by atoms with van der Waals surface area (Å²) in [5, 5.41) is 3.81. The molecule has 0 aliphatic heterocycles. The Morgan fingerprint density at radius 3 is 1.93 bits per heavy atom. The van der Waals surface area contributed by atoms with Gasteiger partial charge in [-0.25, -0.2) is 8.42 Å². The van der Waals surface area contributed by atoms with Gasteiger partial charge in [0.25, 0.3) is 10.0 Å². The molecule has 0 fully saturated rings. The van der Waals surface area contributed by atoms with Crippen molar-refractivity contribution in [3.63, 3.8) is 0 Å². The van der Waals surface area contributed by atoms with Crippen LogP contribution in [0.3, 0.4) is 0 Å². The number of anilines is 1. The van der Waals surface area contributed by atoms with Crippen molar-refractivity contribution < 1.29 is 18.0 Å². The number of sulfonamides is 1. The molecule has 4 aromatic rings. The fraction of sp³-hybridized carbons (Fsp3) is 0.212. The van der Waals surface area contributed by atoms with Crippen LogP contribution in [-0.4, -0.2) is 43.8 Å². The lowest BCUT2D eigenvalue weighted by molar-refractivity contribution is -0.140. The Labute approximate surface area is 283 Å². The molecule has 0 bridgehead atoms. The van der Waals surface area contributed by atoms with E-state index in [1.165, 1.54) is 35.2 Å². The van der Waals surface area contributed by atoms with Crippen LogP contribution in [0, 0.1) is 0 Å². The fourth-order valence-corrected chi connectivity index (χ4v) is 6.91. The second-order valence-electron chi connectivity index (χ2n) is 10.5. The molecule has 4 rings (SSSR count). The molecule has 4 aromatic carbocycles. The summed E-state index contributed by atoms with van der Waals surface area (Å²) in [6, 6.07) is 24.9. The maximum atomic E-state index is 14.5. The molecule has 0 aromatic heterocycles. The molecular weight excluding hydrogens is 676 g/mol. The molecule has 0 aliphatic rings. The zero-order chi connectivity index (χ0) is 32.7. The molecule has 12 heteroatoms. The zero-order valence-electron chi connectivity index (χ0n) is 24.5. The minimum Gasteiger partial charge on any atom is -0.352 e. The summed E-state index contributed by atoms with van der Waals surface area (Å²) >= 11 is 25.5. The minimum atomic E-state index is -4.29. The number of carbonyl (C=O) groups excluding carboxylic acids is 2. The number of hydrogen-bond acceptors (Lipinski definition) is 4. The molecule has 0 aliphatic carbocycles. The fourth-order valence-electron chi connectivity index (χ4n) is 4.68. The first-order valence-corrected chi connectivity index (χ1v) is 16.9. The molecule has 1 N–H and O–H groups in total. The van der Waals surface area contributed by atoms with Crippen molar-refractivity contribution in [3.8, 4) is 0 Å². The number of benzene rings is 4. The second-order valence-corrected chi connectivity index (χ2v) is 14.0. The summed E-state index contributed by atoms with van der Waals surface area (Å²) in [5.74, 6) is -1.09. The topological polar surface area (TPSA) is 86.8 Å². The molecule has 0 radical (unpaired) electrons. The molecule has 0 unspecified atom stereocenters. The van der Waals surface area contributed by atoms with E-state index in [-0.39, 0.29) is 39.6 Å². The molecule has 0 spiro atoms. The van der Waals surface area contributed by atoms with Crippen LogP contribution in [0.15, 0.2) is 102 Å². The smallest absolute Gasteiger partial charge is 0.264 e. The molecule has 7 nitrogen and oxygen atoms in total. The number of rotatable bonds is 12. The zero-order valence-corrected chi connectivity index (χ0v) is 28.3. The van der Waals surface area contributed by atoms with Crippen molar-refractivity contribution in [1.82, 2.24) is 10.2 Å². The largest absolute Gasteiger partial charge is 0.352 e. The Hall–Kier alpha value is -3.27. The molecule has 1 atom stereocenters. The summed E-state index contributed by atoms with van der Waals surface area (Å²) in [5.41, 5.74) is 1.32. The van der Waals surface area contributed by atoms with Gasteiger partial charge < -0.3 is 10.2 Å². The third kappa shape index (κ3) is 8.71. The van der Waals surface area contributed by atoms with Gasteiger partial charge in [0.2, 0.25) is 11.8 Å². The van der Waals surface area contributed by atoms with Crippen LogP contribution in [-0.2, 0) is 32.6 Å². The summed E-state index contributed by atoms with van der Waals surface area (Å²) in [6.45, 7) is 2.79. The highest BCUT2D eigenvalue weighted by molar-refractivity contribution is 7.92. The third-order valence-electron chi connectivity index (χ3n) is 6.89. The van der Waals surface area contributed by atoms with Gasteiger partial charge in [-0.3, -0.25) is 13.9 Å². The van der Waals surface area contributed by atoms with Crippen LogP contribution in [0.25, 0.3) is 0 Å². The Bertz CT molecular complexity index is 1740. The van der Waals surface area contributed by atoms with Crippen molar-refractivity contribution in [2.75, 3.05) is 10.8 Å². The van der Waals surface area contributed by atoms with Gasteiger partial charge in [-0.1, -0.05) is 101 Å². The molecule has 0 heterocycles. The van der Waals surface area contributed by atoms with Gasteiger partial charge in [-0.05, 0) is 61.9 Å². The van der Waals surface area contributed by atoms with Crippen LogP contribution in [0.1, 0.15) is 25.0 Å². The Kier molecular flexibility index (Phi) is 11.8. The number of carbonyl (C=O) groups is 2.